The van der Waals surface area contributed by atoms with Gasteiger partial charge in [0.1, 0.15) is 6.34 Å². The molecule has 0 atom stereocenters. The first-order valence-electron chi connectivity index (χ1n) is 11.5. The van der Waals surface area contributed by atoms with Crippen LogP contribution >= 0.6 is 0 Å². The number of rotatable bonds is 9. The molecular formula is C25H34N4O2. The number of esters is 1. The fourth-order valence-corrected chi connectivity index (χ4v) is 6.18. The summed E-state index contributed by atoms with van der Waals surface area (Å²) in [5.74, 6) is 2.32. The third-order valence-electron chi connectivity index (χ3n) is 6.97. The number of carbonyl (C=O) groups is 1. The number of anilines is 2. The van der Waals surface area contributed by atoms with E-state index < -0.39 is 0 Å². The van der Waals surface area contributed by atoms with Gasteiger partial charge >= 0.3 is 5.97 Å². The SMILES string of the molecule is C=N/C=N\C=C(/C)CNc1cc(C(=O)OCC)ccc1NC12CC3CC(CC(C3)C1)C2. The fourth-order valence-electron chi connectivity index (χ4n) is 6.18. The van der Waals surface area contributed by atoms with Crippen LogP contribution in [0.1, 0.15) is 62.7 Å². The van der Waals surface area contributed by atoms with E-state index in [2.05, 4.69) is 27.3 Å². The van der Waals surface area contributed by atoms with Crippen LogP contribution in [0.25, 0.3) is 0 Å². The molecule has 4 saturated carbocycles. The molecule has 6 nitrogen and oxygen atoms in total. The van der Waals surface area contributed by atoms with Gasteiger partial charge in [0, 0.05) is 18.3 Å². The Morgan fingerprint density at radius 1 is 1.19 bits per heavy atom. The summed E-state index contributed by atoms with van der Waals surface area (Å²) in [6, 6.07) is 5.81. The van der Waals surface area contributed by atoms with Gasteiger partial charge in [-0.15, -0.1) is 0 Å². The number of aliphatic imine (C=N–C) groups is 2. The Morgan fingerprint density at radius 3 is 2.48 bits per heavy atom. The van der Waals surface area contributed by atoms with Crippen LogP contribution < -0.4 is 10.6 Å². The lowest BCUT2D eigenvalue weighted by Gasteiger charge is -2.57. The van der Waals surface area contributed by atoms with Gasteiger partial charge in [-0.05, 0) is 101 Å². The third-order valence-corrected chi connectivity index (χ3v) is 6.97. The zero-order valence-electron chi connectivity index (χ0n) is 18.7. The number of hydrogen-bond acceptors (Lipinski definition) is 5. The second-order valence-corrected chi connectivity index (χ2v) is 9.58. The van der Waals surface area contributed by atoms with Gasteiger partial charge in [0.05, 0.1) is 23.5 Å². The number of nitrogens with zero attached hydrogens (tertiary/aromatic N) is 2. The van der Waals surface area contributed by atoms with Crippen molar-refractivity contribution in [1.29, 1.82) is 0 Å². The summed E-state index contributed by atoms with van der Waals surface area (Å²) < 4.78 is 5.21. The van der Waals surface area contributed by atoms with Gasteiger partial charge in [-0.1, -0.05) is 0 Å². The zero-order valence-corrected chi connectivity index (χ0v) is 18.7. The molecule has 1 aromatic carbocycles. The summed E-state index contributed by atoms with van der Waals surface area (Å²) in [6.07, 6.45) is 11.2. The first-order valence-corrected chi connectivity index (χ1v) is 11.5. The van der Waals surface area contributed by atoms with E-state index in [0.29, 0.717) is 18.7 Å². The molecule has 4 bridgehead atoms. The van der Waals surface area contributed by atoms with Gasteiger partial charge in [0.2, 0.25) is 0 Å². The molecule has 0 unspecified atom stereocenters. The first-order chi connectivity index (χ1) is 15.0. The molecule has 0 aliphatic heterocycles. The van der Waals surface area contributed by atoms with Crippen LogP contribution in [-0.2, 0) is 4.74 Å². The molecule has 166 valence electrons. The second-order valence-electron chi connectivity index (χ2n) is 9.58. The molecule has 6 heteroatoms. The van der Waals surface area contributed by atoms with Crippen molar-refractivity contribution in [2.75, 3.05) is 23.8 Å². The normalized spacial score (nSPS) is 29.2. The Bertz CT molecular complexity index is 854. The van der Waals surface area contributed by atoms with E-state index in [-0.39, 0.29) is 11.5 Å². The molecule has 0 saturated heterocycles. The Balaban J connectivity index is 1.55. The summed E-state index contributed by atoms with van der Waals surface area (Å²) in [6.45, 7) is 8.22. The quantitative estimate of drug-likeness (QED) is 0.322. The van der Waals surface area contributed by atoms with Gasteiger partial charge < -0.3 is 15.4 Å². The van der Waals surface area contributed by atoms with Gasteiger partial charge in [0.15, 0.2) is 0 Å². The van der Waals surface area contributed by atoms with Crippen LogP contribution in [0.4, 0.5) is 11.4 Å². The number of hydrogen-bond donors (Lipinski definition) is 2. The van der Waals surface area contributed by atoms with Crippen LogP contribution in [0.15, 0.2) is 40.0 Å². The minimum absolute atomic E-state index is 0.196. The minimum Gasteiger partial charge on any atom is -0.462 e. The molecule has 0 amide bonds. The Kier molecular flexibility index (Phi) is 6.44. The molecule has 4 fully saturated rings. The highest BCUT2D eigenvalue weighted by Gasteiger charge is 2.51. The maximum atomic E-state index is 12.3. The lowest BCUT2D eigenvalue weighted by molar-refractivity contribution is 0.0107. The summed E-state index contributed by atoms with van der Waals surface area (Å²) >= 11 is 0. The molecule has 0 aromatic heterocycles. The van der Waals surface area contributed by atoms with Crippen molar-refractivity contribution in [2.45, 2.75) is 57.9 Å². The molecule has 4 aliphatic rings. The molecule has 0 radical (unpaired) electrons. The van der Waals surface area contributed by atoms with Crippen molar-refractivity contribution in [3.8, 4) is 0 Å². The summed E-state index contributed by atoms with van der Waals surface area (Å²) in [5, 5.41) is 7.44. The Morgan fingerprint density at radius 2 is 1.87 bits per heavy atom. The smallest absolute Gasteiger partial charge is 0.338 e. The van der Waals surface area contributed by atoms with E-state index in [1.54, 1.807) is 6.20 Å². The minimum atomic E-state index is -0.291. The molecule has 4 aliphatic carbocycles. The van der Waals surface area contributed by atoms with Crippen molar-refractivity contribution >= 4 is 30.4 Å². The highest BCUT2D eigenvalue weighted by molar-refractivity contribution is 5.92. The summed E-state index contributed by atoms with van der Waals surface area (Å²) in [7, 11) is 0. The Hall–Kier alpha value is -2.63. The molecule has 1 aromatic rings. The van der Waals surface area contributed by atoms with E-state index in [9.17, 15) is 4.79 Å². The van der Waals surface area contributed by atoms with Crippen LogP contribution in [0.3, 0.4) is 0 Å². The topological polar surface area (TPSA) is 75.1 Å². The van der Waals surface area contributed by atoms with E-state index in [1.165, 1.54) is 44.9 Å². The van der Waals surface area contributed by atoms with Crippen molar-refractivity contribution in [3.63, 3.8) is 0 Å². The van der Waals surface area contributed by atoms with Gasteiger partial charge in [-0.3, -0.25) is 4.99 Å². The second kappa shape index (κ2) is 9.25. The van der Waals surface area contributed by atoms with Crippen LogP contribution in [-0.4, -0.2) is 37.7 Å². The van der Waals surface area contributed by atoms with Crippen molar-refractivity contribution in [1.82, 2.24) is 0 Å². The highest BCUT2D eigenvalue weighted by atomic mass is 16.5. The molecule has 0 heterocycles. The lowest BCUT2D eigenvalue weighted by Crippen LogP contribution is -2.54. The highest BCUT2D eigenvalue weighted by Crippen LogP contribution is 2.56. The number of benzene rings is 1. The molecule has 0 spiro atoms. The zero-order chi connectivity index (χ0) is 21.8. The predicted molar refractivity (Wildman–Crippen MR) is 127 cm³/mol. The largest absolute Gasteiger partial charge is 0.462 e. The third kappa shape index (κ3) is 5.00. The molecular weight excluding hydrogens is 388 g/mol. The average Bonchev–Trinajstić information content (AvgIpc) is 2.72. The van der Waals surface area contributed by atoms with Crippen LogP contribution in [0, 0.1) is 17.8 Å². The van der Waals surface area contributed by atoms with E-state index >= 15 is 0 Å². The lowest BCUT2D eigenvalue weighted by atomic mass is 9.53. The van der Waals surface area contributed by atoms with Crippen molar-refractivity contribution in [2.24, 2.45) is 27.7 Å². The predicted octanol–water partition coefficient (Wildman–Crippen LogP) is 5.29. The van der Waals surface area contributed by atoms with E-state index in [1.807, 2.05) is 32.0 Å². The van der Waals surface area contributed by atoms with Crippen LogP contribution in [0.2, 0.25) is 0 Å². The molecule has 31 heavy (non-hydrogen) atoms. The molecule has 2 N–H and O–H groups in total. The average molecular weight is 423 g/mol. The maximum Gasteiger partial charge on any atom is 0.338 e. The standard InChI is InChI=1S/C25H34N4O2/c1-4-31-24(30)21-5-6-22(23(10-21)28-15-17(2)14-27-16-26-3)29-25-11-18-7-19(12-25)9-20(8-18)13-25/h5-6,10,14,16,18-20,28-29H,3-4,7-9,11-13,15H2,1-2H3/b17-14+,27-16-. The van der Waals surface area contributed by atoms with E-state index in [0.717, 1.165) is 34.7 Å². The number of carbonyl (C=O) groups excluding carboxylic acids is 1. The maximum absolute atomic E-state index is 12.3. The van der Waals surface area contributed by atoms with Gasteiger partial charge in [0.25, 0.3) is 0 Å². The van der Waals surface area contributed by atoms with Crippen LogP contribution in [0.5, 0.6) is 0 Å². The Labute approximate surface area is 185 Å². The number of ether oxygens (including phenoxy) is 1. The number of nitrogens with one attached hydrogen (secondary N) is 2. The van der Waals surface area contributed by atoms with E-state index in [4.69, 9.17) is 4.74 Å². The van der Waals surface area contributed by atoms with Gasteiger partial charge in [-0.25, -0.2) is 9.79 Å². The van der Waals surface area contributed by atoms with Crippen molar-refractivity contribution in [3.05, 3.63) is 35.5 Å². The fraction of sp³-hybridized carbons (Fsp3) is 0.560. The molecule has 5 rings (SSSR count). The summed E-state index contributed by atoms with van der Waals surface area (Å²) in [4.78, 5) is 20.0. The first kappa shape index (κ1) is 21.6. The summed E-state index contributed by atoms with van der Waals surface area (Å²) in [5.41, 5.74) is 3.82. The monoisotopic (exact) mass is 422 g/mol. The van der Waals surface area contributed by atoms with Gasteiger partial charge in [-0.2, -0.15) is 0 Å². The van der Waals surface area contributed by atoms with Crippen molar-refractivity contribution < 1.29 is 9.53 Å².